The summed E-state index contributed by atoms with van der Waals surface area (Å²) in [5, 5.41) is 5.03. The molecule has 0 aliphatic rings. The summed E-state index contributed by atoms with van der Waals surface area (Å²) in [5.41, 5.74) is 4.41. The third-order valence-electron chi connectivity index (χ3n) is 4.73. The molecule has 132 valence electrons. The highest BCUT2D eigenvalue weighted by molar-refractivity contribution is 5.84. The van der Waals surface area contributed by atoms with Crippen LogP contribution in [0, 0.1) is 0 Å². The van der Waals surface area contributed by atoms with Crippen LogP contribution in [0.5, 0.6) is 0 Å². The average Bonchev–Trinajstić information content (AvgIpc) is 3.38. The number of H-pyrrole nitrogens is 1. The Morgan fingerprint density at radius 2 is 1.93 bits per heavy atom. The van der Waals surface area contributed by atoms with Gasteiger partial charge in [-0.25, -0.2) is 14.5 Å². The van der Waals surface area contributed by atoms with Gasteiger partial charge >= 0.3 is 0 Å². The summed E-state index contributed by atoms with van der Waals surface area (Å²) in [7, 11) is 0. The maximum Gasteiger partial charge on any atom is 0.261 e. The van der Waals surface area contributed by atoms with Crippen LogP contribution in [0.2, 0.25) is 0 Å². The SMILES string of the molecule is O=c1c2cnc3c(-c4ccccc4)cnn3c2ccn1CCc1cnc[nH]1. The van der Waals surface area contributed by atoms with Crippen LogP contribution in [-0.2, 0) is 13.0 Å². The second-order valence-electron chi connectivity index (χ2n) is 6.36. The second-order valence-corrected chi connectivity index (χ2v) is 6.36. The monoisotopic (exact) mass is 356 g/mol. The van der Waals surface area contributed by atoms with Gasteiger partial charge in [0.25, 0.3) is 5.56 Å². The third kappa shape index (κ3) is 2.60. The van der Waals surface area contributed by atoms with Crippen molar-refractivity contribution in [2.45, 2.75) is 13.0 Å². The number of rotatable bonds is 4. The number of hydrogen-bond acceptors (Lipinski definition) is 4. The van der Waals surface area contributed by atoms with Crippen LogP contribution in [0.1, 0.15) is 5.69 Å². The van der Waals surface area contributed by atoms with Crippen molar-refractivity contribution in [1.29, 1.82) is 0 Å². The van der Waals surface area contributed by atoms with Gasteiger partial charge in [-0.1, -0.05) is 30.3 Å². The number of aryl methyl sites for hydroxylation is 2. The summed E-state index contributed by atoms with van der Waals surface area (Å²) in [6, 6.07) is 11.9. The molecule has 0 unspecified atom stereocenters. The number of hydrogen-bond donors (Lipinski definition) is 1. The summed E-state index contributed by atoms with van der Waals surface area (Å²) in [6.07, 6.45) is 9.37. The number of fused-ring (bicyclic) bond motifs is 3. The van der Waals surface area contributed by atoms with Gasteiger partial charge in [0.2, 0.25) is 0 Å². The molecule has 7 nitrogen and oxygen atoms in total. The van der Waals surface area contributed by atoms with Crippen molar-refractivity contribution in [3.63, 3.8) is 0 Å². The molecule has 0 radical (unpaired) electrons. The Balaban J connectivity index is 1.59. The maximum absolute atomic E-state index is 12.9. The highest BCUT2D eigenvalue weighted by Crippen LogP contribution is 2.24. The number of pyridine rings is 1. The van der Waals surface area contributed by atoms with Gasteiger partial charge in [0, 0.05) is 42.8 Å². The van der Waals surface area contributed by atoms with Gasteiger partial charge < -0.3 is 9.55 Å². The molecule has 0 aliphatic heterocycles. The zero-order valence-corrected chi connectivity index (χ0v) is 14.4. The predicted molar refractivity (Wildman–Crippen MR) is 102 cm³/mol. The number of benzene rings is 1. The lowest BCUT2D eigenvalue weighted by Crippen LogP contribution is -2.21. The first-order valence-corrected chi connectivity index (χ1v) is 8.70. The second kappa shape index (κ2) is 6.21. The zero-order chi connectivity index (χ0) is 18.2. The zero-order valence-electron chi connectivity index (χ0n) is 14.4. The number of aromatic amines is 1. The molecular formula is C20H16N6O. The Labute approximate surface area is 154 Å². The topological polar surface area (TPSA) is 80.9 Å². The van der Waals surface area contributed by atoms with E-state index in [2.05, 4.69) is 20.1 Å². The molecule has 0 fully saturated rings. The van der Waals surface area contributed by atoms with E-state index in [0.29, 0.717) is 18.4 Å². The molecule has 0 aliphatic carbocycles. The summed E-state index contributed by atoms with van der Waals surface area (Å²) < 4.78 is 3.43. The molecule has 4 aromatic heterocycles. The highest BCUT2D eigenvalue weighted by Gasteiger charge is 2.12. The predicted octanol–water partition coefficient (Wildman–Crippen LogP) is 2.68. The van der Waals surface area contributed by atoms with Crippen molar-refractivity contribution in [1.82, 2.24) is 29.1 Å². The summed E-state index contributed by atoms with van der Waals surface area (Å²) in [4.78, 5) is 24.5. The van der Waals surface area contributed by atoms with Gasteiger partial charge in [0.15, 0.2) is 5.65 Å². The first kappa shape index (κ1) is 15.5. The van der Waals surface area contributed by atoms with E-state index in [4.69, 9.17) is 0 Å². The normalized spacial score (nSPS) is 11.4. The van der Waals surface area contributed by atoms with Gasteiger partial charge in [-0.2, -0.15) is 5.10 Å². The van der Waals surface area contributed by atoms with Crippen LogP contribution in [0.4, 0.5) is 0 Å². The van der Waals surface area contributed by atoms with E-state index in [1.807, 2.05) is 42.6 Å². The Morgan fingerprint density at radius 1 is 1.04 bits per heavy atom. The standard InChI is InChI=1S/C20H16N6O/c27-20-17-11-22-19-16(14-4-2-1-3-5-14)12-24-26(19)18(17)7-9-25(20)8-6-15-10-21-13-23-15/h1-5,7,9-13H,6,8H2,(H,21,23). The summed E-state index contributed by atoms with van der Waals surface area (Å²) >= 11 is 0. The Kier molecular flexibility index (Phi) is 3.57. The molecule has 1 aromatic carbocycles. The molecule has 5 rings (SSSR count). The fourth-order valence-corrected chi connectivity index (χ4v) is 3.32. The molecule has 7 heteroatoms. The number of nitrogens with zero attached hydrogens (tertiary/aromatic N) is 5. The van der Waals surface area contributed by atoms with E-state index < -0.39 is 0 Å². The van der Waals surface area contributed by atoms with E-state index in [1.165, 1.54) is 0 Å². The van der Waals surface area contributed by atoms with Crippen molar-refractivity contribution in [3.8, 4) is 11.1 Å². The molecule has 5 aromatic rings. The number of imidazole rings is 1. The lowest BCUT2D eigenvalue weighted by atomic mass is 10.1. The van der Waals surface area contributed by atoms with Crippen LogP contribution < -0.4 is 5.56 Å². The smallest absolute Gasteiger partial charge is 0.261 e. The Bertz CT molecular complexity index is 1290. The van der Waals surface area contributed by atoms with Crippen LogP contribution in [0.15, 0.2) is 72.3 Å². The molecule has 0 atom stereocenters. The van der Waals surface area contributed by atoms with Crippen LogP contribution in [0.25, 0.3) is 27.7 Å². The van der Waals surface area contributed by atoms with Crippen molar-refractivity contribution in [2.24, 2.45) is 0 Å². The fourth-order valence-electron chi connectivity index (χ4n) is 3.32. The van der Waals surface area contributed by atoms with E-state index in [-0.39, 0.29) is 5.56 Å². The lowest BCUT2D eigenvalue weighted by molar-refractivity contribution is 0.666. The van der Waals surface area contributed by atoms with Gasteiger partial charge in [0.1, 0.15) is 0 Å². The number of nitrogens with one attached hydrogen (secondary N) is 1. The van der Waals surface area contributed by atoms with Gasteiger partial charge in [0.05, 0.1) is 23.4 Å². The molecule has 0 saturated carbocycles. The molecule has 27 heavy (non-hydrogen) atoms. The fraction of sp³-hybridized carbons (Fsp3) is 0.100. The van der Waals surface area contributed by atoms with Crippen molar-refractivity contribution >= 4 is 16.6 Å². The molecule has 0 spiro atoms. The minimum atomic E-state index is -0.0711. The van der Waals surface area contributed by atoms with E-state index in [9.17, 15) is 4.79 Å². The van der Waals surface area contributed by atoms with E-state index in [1.54, 1.807) is 34.0 Å². The Morgan fingerprint density at radius 3 is 2.74 bits per heavy atom. The lowest BCUT2D eigenvalue weighted by Gasteiger charge is -2.07. The van der Waals surface area contributed by atoms with Crippen LogP contribution in [0.3, 0.4) is 0 Å². The molecule has 0 amide bonds. The molecular weight excluding hydrogens is 340 g/mol. The minimum absolute atomic E-state index is 0.0711. The Hall–Kier alpha value is -3.74. The van der Waals surface area contributed by atoms with Gasteiger partial charge in [-0.15, -0.1) is 0 Å². The van der Waals surface area contributed by atoms with Crippen molar-refractivity contribution in [3.05, 3.63) is 83.6 Å². The van der Waals surface area contributed by atoms with E-state index in [0.717, 1.165) is 28.0 Å². The number of aromatic nitrogens is 6. The van der Waals surface area contributed by atoms with Crippen LogP contribution >= 0.6 is 0 Å². The molecule has 0 bridgehead atoms. The first-order chi connectivity index (χ1) is 13.3. The maximum atomic E-state index is 12.9. The highest BCUT2D eigenvalue weighted by atomic mass is 16.1. The summed E-state index contributed by atoms with van der Waals surface area (Å²) in [6.45, 7) is 0.573. The van der Waals surface area contributed by atoms with Gasteiger partial charge in [-0.3, -0.25) is 4.79 Å². The molecule has 0 saturated heterocycles. The van der Waals surface area contributed by atoms with E-state index >= 15 is 0 Å². The van der Waals surface area contributed by atoms with Crippen molar-refractivity contribution < 1.29 is 0 Å². The third-order valence-corrected chi connectivity index (χ3v) is 4.73. The minimum Gasteiger partial charge on any atom is -0.348 e. The largest absolute Gasteiger partial charge is 0.348 e. The van der Waals surface area contributed by atoms with Crippen LogP contribution in [-0.4, -0.2) is 29.1 Å². The first-order valence-electron chi connectivity index (χ1n) is 8.70. The van der Waals surface area contributed by atoms with Crippen molar-refractivity contribution in [2.75, 3.05) is 0 Å². The molecule has 4 heterocycles. The summed E-state index contributed by atoms with van der Waals surface area (Å²) in [5.74, 6) is 0. The van der Waals surface area contributed by atoms with Gasteiger partial charge in [-0.05, 0) is 11.6 Å². The molecule has 1 N–H and O–H groups in total. The quantitative estimate of drug-likeness (QED) is 0.537. The average molecular weight is 356 g/mol.